The van der Waals surface area contributed by atoms with Crippen molar-refractivity contribution < 1.29 is 17.2 Å². The van der Waals surface area contributed by atoms with E-state index in [4.69, 9.17) is 16.6 Å². The molecule has 6 rings (SSSR count). The maximum absolute atomic E-state index is 13.3. The van der Waals surface area contributed by atoms with Crippen molar-refractivity contribution in [1.82, 2.24) is 28.9 Å². The van der Waals surface area contributed by atoms with Gasteiger partial charge in [0, 0.05) is 29.4 Å². The van der Waals surface area contributed by atoms with Crippen LogP contribution in [0.4, 0.5) is 8.78 Å². The maximum atomic E-state index is 13.3. The molecule has 36 heavy (non-hydrogen) atoms. The number of benzene rings is 1. The molecule has 1 unspecified atom stereocenters. The van der Waals surface area contributed by atoms with E-state index in [1.807, 2.05) is 0 Å². The predicted molar refractivity (Wildman–Crippen MR) is 133 cm³/mol. The van der Waals surface area contributed by atoms with E-state index in [1.165, 1.54) is 33.8 Å². The molecule has 1 saturated heterocycles. The van der Waals surface area contributed by atoms with Crippen molar-refractivity contribution in [2.75, 3.05) is 13.1 Å². The first-order chi connectivity index (χ1) is 17.2. The van der Waals surface area contributed by atoms with Crippen molar-refractivity contribution in [3.63, 3.8) is 0 Å². The first-order valence-electron chi connectivity index (χ1n) is 11.2. The van der Waals surface area contributed by atoms with Gasteiger partial charge in [-0.1, -0.05) is 11.6 Å². The first kappa shape index (κ1) is 23.6. The van der Waals surface area contributed by atoms with Crippen LogP contribution in [-0.4, -0.2) is 50.4 Å². The second kappa shape index (κ2) is 8.65. The molecule has 0 radical (unpaired) electrons. The first-order valence-corrected chi connectivity index (χ1v) is 13.8. The second-order valence-electron chi connectivity index (χ2n) is 8.76. The smallest absolute Gasteiger partial charge is 0.236 e. The minimum Gasteiger partial charge on any atom is -0.236 e. The summed E-state index contributed by atoms with van der Waals surface area (Å²) in [6.07, 6.45) is 0.296. The number of aryl methyl sites for hydroxylation is 1. The molecule has 0 amide bonds. The van der Waals surface area contributed by atoms with E-state index in [0.717, 1.165) is 11.8 Å². The van der Waals surface area contributed by atoms with E-state index >= 15 is 0 Å². The Morgan fingerprint density at radius 2 is 1.97 bits per heavy atom. The topological polar surface area (TPSA) is 93.4 Å². The second-order valence-corrected chi connectivity index (χ2v) is 12.1. The molecule has 4 aromatic heterocycles. The van der Waals surface area contributed by atoms with Crippen LogP contribution in [0.3, 0.4) is 0 Å². The molecule has 1 atom stereocenters. The molecule has 0 aliphatic carbocycles. The third kappa shape index (κ3) is 3.83. The molecule has 0 saturated carbocycles. The van der Waals surface area contributed by atoms with Crippen LogP contribution in [0.2, 0.25) is 5.02 Å². The number of fused-ring (bicyclic) bond motifs is 5. The van der Waals surface area contributed by atoms with Crippen LogP contribution in [-0.2, 0) is 10.0 Å². The predicted octanol–water partition coefficient (Wildman–Crippen LogP) is 5.35. The number of rotatable bonds is 4. The number of alkyl halides is 2. The van der Waals surface area contributed by atoms with Gasteiger partial charge >= 0.3 is 0 Å². The Bertz CT molecular complexity index is 1740. The van der Waals surface area contributed by atoms with Crippen molar-refractivity contribution in [3.8, 4) is 0 Å². The highest BCUT2D eigenvalue weighted by molar-refractivity contribution is 7.89. The number of hydrogen-bond donors (Lipinski definition) is 0. The Labute approximate surface area is 213 Å². The van der Waals surface area contributed by atoms with Gasteiger partial charge in [-0.05, 0) is 55.7 Å². The lowest BCUT2D eigenvalue weighted by atomic mass is 9.99. The molecule has 5 aromatic rings. The SMILES string of the molecule is Cc1cc(C(F)F)nc2sc3c(ncn4nc(C5CCCN(S(=O)(=O)c6ccc(Cl)cc6)C5)nc34)c12. The Morgan fingerprint density at radius 3 is 2.72 bits per heavy atom. The van der Waals surface area contributed by atoms with Crippen LogP contribution in [0.15, 0.2) is 41.6 Å². The number of piperidine rings is 1. The molecule has 0 spiro atoms. The number of aromatic nitrogens is 5. The molecule has 1 fully saturated rings. The number of sulfonamides is 1. The fraction of sp³-hybridized carbons (Fsp3) is 0.304. The van der Waals surface area contributed by atoms with Crippen LogP contribution < -0.4 is 0 Å². The highest BCUT2D eigenvalue weighted by Gasteiger charge is 2.33. The average Bonchev–Trinajstić information content (AvgIpc) is 3.46. The van der Waals surface area contributed by atoms with Crippen molar-refractivity contribution in [3.05, 3.63) is 58.8 Å². The molecule has 0 N–H and O–H groups in total. The Balaban J connectivity index is 1.38. The molecule has 186 valence electrons. The van der Waals surface area contributed by atoms with Crippen LogP contribution in [0, 0.1) is 6.92 Å². The van der Waals surface area contributed by atoms with Gasteiger partial charge in [0.15, 0.2) is 11.5 Å². The van der Waals surface area contributed by atoms with Gasteiger partial charge in [0.2, 0.25) is 10.0 Å². The third-order valence-electron chi connectivity index (χ3n) is 6.43. The van der Waals surface area contributed by atoms with E-state index < -0.39 is 16.4 Å². The Kier molecular flexibility index (Phi) is 5.67. The van der Waals surface area contributed by atoms with E-state index in [0.29, 0.717) is 50.1 Å². The minimum atomic E-state index is -3.69. The van der Waals surface area contributed by atoms with Gasteiger partial charge in [0.05, 0.1) is 10.4 Å². The van der Waals surface area contributed by atoms with Gasteiger partial charge in [-0.2, -0.15) is 4.31 Å². The number of halogens is 3. The number of hydrogen-bond acceptors (Lipinski definition) is 7. The summed E-state index contributed by atoms with van der Waals surface area (Å²) in [7, 11) is -3.69. The third-order valence-corrected chi connectivity index (χ3v) is 9.63. The van der Waals surface area contributed by atoms with Gasteiger partial charge in [-0.3, -0.25) is 0 Å². The van der Waals surface area contributed by atoms with E-state index in [2.05, 4.69) is 15.1 Å². The van der Waals surface area contributed by atoms with Crippen LogP contribution in [0.5, 0.6) is 0 Å². The quantitative estimate of drug-likeness (QED) is 0.300. The lowest BCUT2D eigenvalue weighted by molar-refractivity contribution is 0.146. The molecule has 13 heteroatoms. The summed E-state index contributed by atoms with van der Waals surface area (Å²) in [5.74, 6) is 0.325. The molecule has 0 bridgehead atoms. The molecular formula is C23H19ClF2N6O2S2. The summed E-state index contributed by atoms with van der Waals surface area (Å²) >= 11 is 7.17. The van der Waals surface area contributed by atoms with Gasteiger partial charge in [0.1, 0.15) is 21.6 Å². The zero-order valence-electron chi connectivity index (χ0n) is 18.9. The van der Waals surface area contributed by atoms with E-state index in [9.17, 15) is 17.2 Å². The van der Waals surface area contributed by atoms with Gasteiger partial charge in [-0.15, -0.1) is 16.4 Å². The number of thiophene rings is 1. The number of pyridine rings is 1. The fourth-order valence-corrected chi connectivity index (χ4v) is 7.50. The van der Waals surface area contributed by atoms with Crippen molar-refractivity contribution in [2.45, 2.75) is 37.0 Å². The molecular weight excluding hydrogens is 530 g/mol. The fourth-order valence-electron chi connectivity index (χ4n) is 4.66. The van der Waals surface area contributed by atoms with Crippen LogP contribution in [0.1, 0.15) is 42.3 Å². The molecule has 8 nitrogen and oxygen atoms in total. The van der Waals surface area contributed by atoms with E-state index in [-0.39, 0.29) is 23.1 Å². The lowest BCUT2D eigenvalue weighted by Crippen LogP contribution is -2.39. The van der Waals surface area contributed by atoms with Crippen molar-refractivity contribution in [1.29, 1.82) is 0 Å². The normalized spacial score (nSPS) is 17.6. The zero-order valence-corrected chi connectivity index (χ0v) is 21.3. The summed E-state index contributed by atoms with van der Waals surface area (Å²) in [6.45, 7) is 2.43. The maximum Gasteiger partial charge on any atom is 0.280 e. The standard InChI is InChI=1S/C23H19ClF2N6O2S2/c1-12-9-16(20(25)26)28-23-17(12)18-19(35-23)22-29-21(30-32(22)11-27-18)13-3-2-8-31(10-13)36(33,34)15-6-4-14(24)5-7-15/h4-7,9,11,13,20H,2-3,8,10H2,1H3. The average molecular weight is 549 g/mol. The van der Waals surface area contributed by atoms with Crippen molar-refractivity contribution in [2.24, 2.45) is 0 Å². The van der Waals surface area contributed by atoms with E-state index in [1.54, 1.807) is 29.9 Å². The lowest BCUT2D eigenvalue weighted by Gasteiger charge is -2.30. The summed E-state index contributed by atoms with van der Waals surface area (Å²) in [5, 5.41) is 5.79. The van der Waals surface area contributed by atoms with Crippen molar-refractivity contribution >= 4 is 59.0 Å². The summed E-state index contributed by atoms with van der Waals surface area (Å²) in [6, 6.07) is 7.51. The van der Waals surface area contributed by atoms with Gasteiger partial charge in [-0.25, -0.2) is 36.7 Å². The Morgan fingerprint density at radius 1 is 1.19 bits per heavy atom. The molecule has 1 aromatic carbocycles. The van der Waals surface area contributed by atoms with Crippen LogP contribution >= 0.6 is 22.9 Å². The zero-order chi connectivity index (χ0) is 25.2. The minimum absolute atomic E-state index is 0.192. The number of nitrogens with zero attached hydrogens (tertiary/aromatic N) is 6. The summed E-state index contributed by atoms with van der Waals surface area (Å²) in [4.78, 5) is 14.1. The molecule has 5 heterocycles. The highest BCUT2D eigenvalue weighted by Crippen LogP contribution is 2.37. The van der Waals surface area contributed by atoms with Gasteiger partial charge < -0.3 is 0 Å². The van der Waals surface area contributed by atoms with Crippen LogP contribution in [0.25, 0.3) is 26.1 Å². The summed E-state index contributed by atoms with van der Waals surface area (Å²) in [5.41, 5.74) is 1.60. The monoisotopic (exact) mass is 548 g/mol. The molecule has 1 aliphatic heterocycles. The largest absolute Gasteiger partial charge is 0.280 e. The highest BCUT2D eigenvalue weighted by atomic mass is 35.5. The molecule has 1 aliphatic rings. The Hall–Kier alpha value is -2.80. The summed E-state index contributed by atoms with van der Waals surface area (Å²) < 4.78 is 56.7. The van der Waals surface area contributed by atoms with Gasteiger partial charge in [0.25, 0.3) is 6.43 Å².